The summed E-state index contributed by atoms with van der Waals surface area (Å²) in [5, 5.41) is 3.24. The first-order valence-corrected chi connectivity index (χ1v) is 7.93. The fraction of sp³-hybridized carbons (Fsp3) is 0.214. The Morgan fingerprint density at radius 2 is 1.95 bits per heavy atom. The largest absolute Gasteiger partial charge is 0.385 e. The van der Waals surface area contributed by atoms with Gasteiger partial charge in [-0.3, -0.25) is 9.71 Å². The van der Waals surface area contributed by atoms with Crippen LogP contribution in [0.4, 0.5) is 11.4 Å². The van der Waals surface area contributed by atoms with E-state index < -0.39 is 10.0 Å². The lowest BCUT2D eigenvalue weighted by molar-refractivity contribution is 0.601. The van der Waals surface area contributed by atoms with Crippen molar-refractivity contribution in [2.75, 3.05) is 16.6 Å². The predicted octanol–water partition coefficient (Wildman–Crippen LogP) is 2.24. The first-order chi connectivity index (χ1) is 9.65. The van der Waals surface area contributed by atoms with E-state index in [1.165, 1.54) is 5.56 Å². The molecule has 6 heteroatoms. The second-order valence-electron chi connectivity index (χ2n) is 4.69. The number of sulfonamides is 1. The lowest BCUT2D eigenvalue weighted by Crippen LogP contribution is -2.16. The van der Waals surface area contributed by atoms with Gasteiger partial charge in [-0.15, -0.1) is 0 Å². The van der Waals surface area contributed by atoms with Crippen molar-refractivity contribution < 1.29 is 8.42 Å². The van der Waals surface area contributed by atoms with Crippen molar-refractivity contribution in [3.63, 3.8) is 0 Å². The molecule has 1 aliphatic heterocycles. The average molecular weight is 289 g/mol. The van der Waals surface area contributed by atoms with E-state index in [-0.39, 0.29) is 4.90 Å². The molecular weight excluding hydrogens is 274 g/mol. The first-order valence-electron chi connectivity index (χ1n) is 6.45. The van der Waals surface area contributed by atoms with Crippen molar-refractivity contribution in [2.45, 2.75) is 17.7 Å². The number of nitrogens with one attached hydrogen (secondary N) is 2. The zero-order valence-electron chi connectivity index (χ0n) is 10.8. The normalized spacial score (nSPS) is 14.2. The number of nitrogens with zero attached hydrogens (tertiary/aromatic N) is 1. The fourth-order valence-corrected chi connectivity index (χ4v) is 3.33. The third-order valence-electron chi connectivity index (χ3n) is 3.26. The molecule has 0 amide bonds. The van der Waals surface area contributed by atoms with Crippen LogP contribution >= 0.6 is 0 Å². The predicted molar refractivity (Wildman–Crippen MR) is 78.3 cm³/mol. The van der Waals surface area contributed by atoms with Gasteiger partial charge >= 0.3 is 0 Å². The van der Waals surface area contributed by atoms with Gasteiger partial charge in [-0.1, -0.05) is 6.07 Å². The highest BCUT2D eigenvalue weighted by atomic mass is 32.2. The average Bonchev–Trinajstić information content (AvgIpc) is 2.47. The summed E-state index contributed by atoms with van der Waals surface area (Å²) in [6.07, 6.45) is 5.16. The molecule has 1 aromatic carbocycles. The van der Waals surface area contributed by atoms with Gasteiger partial charge < -0.3 is 5.32 Å². The van der Waals surface area contributed by atoms with Crippen LogP contribution in [-0.4, -0.2) is 19.9 Å². The standard InChI is InChI=1S/C14H15N3O2S/c18-20(19,17-12-5-8-15-9-6-12)13-4-3-11-2-1-7-16-14(11)10-13/h3-6,8-10,16H,1-2,7H2,(H,15,17). The topological polar surface area (TPSA) is 71.1 Å². The summed E-state index contributed by atoms with van der Waals surface area (Å²) < 4.78 is 27.2. The number of fused-ring (bicyclic) bond motifs is 1. The molecule has 3 rings (SSSR count). The minimum Gasteiger partial charge on any atom is -0.385 e. The number of rotatable bonds is 3. The van der Waals surface area contributed by atoms with Gasteiger partial charge in [0.15, 0.2) is 0 Å². The molecule has 0 saturated carbocycles. The third kappa shape index (κ3) is 2.60. The second kappa shape index (κ2) is 5.13. The molecule has 2 aromatic rings. The molecule has 1 aliphatic rings. The SMILES string of the molecule is O=S(=O)(Nc1ccncc1)c1ccc2c(c1)NCCC2. The van der Waals surface area contributed by atoms with Gasteiger partial charge in [-0.25, -0.2) is 8.42 Å². The summed E-state index contributed by atoms with van der Waals surface area (Å²) in [5.74, 6) is 0. The Bertz CT molecular complexity index is 714. The van der Waals surface area contributed by atoms with Crippen molar-refractivity contribution in [1.29, 1.82) is 0 Å². The van der Waals surface area contributed by atoms with Gasteiger partial charge in [0, 0.05) is 24.6 Å². The lowest BCUT2D eigenvalue weighted by atomic mass is 10.0. The number of aryl methyl sites for hydroxylation is 1. The molecule has 0 saturated heterocycles. The van der Waals surface area contributed by atoms with E-state index in [0.717, 1.165) is 25.1 Å². The Kier molecular flexibility index (Phi) is 3.31. The molecule has 0 aliphatic carbocycles. The summed E-state index contributed by atoms with van der Waals surface area (Å²) in [5.41, 5.74) is 2.58. The molecule has 0 fully saturated rings. The maximum atomic E-state index is 12.3. The maximum Gasteiger partial charge on any atom is 0.261 e. The van der Waals surface area contributed by atoms with Crippen molar-refractivity contribution in [3.05, 3.63) is 48.3 Å². The van der Waals surface area contributed by atoms with Crippen LogP contribution in [0.5, 0.6) is 0 Å². The fourth-order valence-electron chi connectivity index (χ4n) is 2.24. The quantitative estimate of drug-likeness (QED) is 0.909. The smallest absolute Gasteiger partial charge is 0.261 e. The third-order valence-corrected chi connectivity index (χ3v) is 4.64. The Morgan fingerprint density at radius 1 is 1.15 bits per heavy atom. The number of anilines is 2. The number of hydrogen-bond acceptors (Lipinski definition) is 4. The summed E-state index contributed by atoms with van der Waals surface area (Å²) in [6.45, 7) is 0.883. The second-order valence-corrected chi connectivity index (χ2v) is 6.37. The molecule has 2 N–H and O–H groups in total. The Morgan fingerprint density at radius 3 is 2.75 bits per heavy atom. The highest BCUT2D eigenvalue weighted by Crippen LogP contribution is 2.26. The van der Waals surface area contributed by atoms with E-state index in [2.05, 4.69) is 15.0 Å². The van der Waals surface area contributed by atoms with Crippen LogP contribution in [0.1, 0.15) is 12.0 Å². The van der Waals surface area contributed by atoms with Crippen LogP contribution in [0.2, 0.25) is 0 Å². The van der Waals surface area contributed by atoms with Gasteiger partial charge in [0.1, 0.15) is 0 Å². The van der Waals surface area contributed by atoms with Crippen molar-refractivity contribution in [2.24, 2.45) is 0 Å². The van der Waals surface area contributed by atoms with E-state index in [4.69, 9.17) is 0 Å². The highest BCUT2D eigenvalue weighted by Gasteiger charge is 2.17. The molecule has 104 valence electrons. The summed E-state index contributed by atoms with van der Waals surface area (Å²) in [7, 11) is -3.56. The Hall–Kier alpha value is -2.08. The zero-order chi connectivity index (χ0) is 14.0. The zero-order valence-corrected chi connectivity index (χ0v) is 11.7. The summed E-state index contributed by atoms with van der Waals surface area (Å²) in [6, 6.07) is 8.46. The van der Waals surface area contributed by atoms with Crippen molar-refractivity contribution in [3.8, 4) is 0 Å². The monoisotopic (exact) mass is 289 g/mol. The highest BCUT2D eigenvalue weighted by molar-refractivity contribution is 7.92. The van der Waals surface area contributed by atoms with E-state index in [0.29, 0.717) is 5.69 Å². The van der Waals surface area contributed by atoms with Crippen LogP contribution in [-0.2, 0) is 16.4 Å². The van der Waals surface area contributed by atoms with E-state index in [1.807, 2.05) is 6.07 Å². The van der Waals surface area contributed by atoms with Crippen LogP contribution in [0, 0.1) is 0 Å². The first kappa shape index (κ1) is 12.9. The molecule has 1 aromatic heterocycles. The minimum atomic E-state index is -3.56. The van der Waals surface area contributed by atoms with E-state index >= 15 is 0 Å². The molecule has 0 radical (unpaired) electrons. The van der Waals surface area contributed by atoms with Crippen LogP contribution < -0.4 is 10.0 Å². The van der Waals surface area contributed by atoms with E-state index in [9.17, 15) is 8.42 Å². The van der Waals surface area contributed by atoms with Crippen LogP contribution in [0.25, 0.3) is 0 Å². The Labute approximate surface area is 118 Å². The number of hydrogen-bond donors (Lipinski definition) is 2. The maximum absolute atomic E-state index is 12.3. The lowest BCUT2D eigenvalue weighted by Gasteiger charge is -2.18. The van der Waals surface area contributed by atoms with Crippen molar-refractivity contribution >= 4 is 21.4 Å². The van der Waals surface area contributed by atoms with Gasteiger partial charge in [-0.05, 0) is 42.7 Å². The molecular formula is C14H15N3O2S. The molecule has 5 nitrogen and oxygen atoms in total. The number of pyridine rings is 1. The Balaban J connectivity index is 1.91. The van der Waals surface area contributed by atoms with Crippen LogP contribution in [0.3, 0.4) is 0 Å². The van der Waals surface area contributed by atoms with E-state index in [1.54, 1.807) is 36.7 Å². The molecule has 2 heterocycles. The molecule has 0 unspecified atom stereocenters. The van der Waals surface area contributed by atoms with Gasteiger partial charge in [-0.2, -0.15) is 0 Å². The van der Waals surface area contributed by atoms with Gasteiger partial charge in [0.25, 0.3) is 10.0 Å². The molecule has 0 spiro atoms. The minimum absolute atomic E-state index is 0.266. The van der Waals surface area contributed by atoms with Gasteiger partial charge in [0.2, 0.25) is 0 Å². The van der Waals surface area contributed by atoms with Crippen LogP contribution in [0.15, 0.2) is 47.6 Å². The number of aromatic nitrogens is 1. The molecule has 20 heavy (non-hydrogen) atoms. The van der Waals surface area contributed by atoms with Gasteiger partial charge in [0.05, 0.1) is 10.6 Å². The summed E-state index contributed by atoms with van der Waals surface area (Å²) >= 11 is 0. The molecule has 0 bridgehead atoms. The summed E-state index contributed by atoms with van der Waals surface area (Å²) in [4.78, 5) is 4.13. The number of benzene rings is 1. The molecule has 0 atom stereocenters. The van der Waals surface area contributed by atoms with Crippen molar-refractivity contribution in [1.82, 2.24) is 4.98 Å².